The number of thiazole rings is 1. The van der Waals surface area contributed by atoms with Crippen LogP contribution in [0.15, 0.2) is 40.5 Å². The number of aromatic nitrogens is 1. The maximum absolute atomic E-state index is 12.4. The molecule has 0 atom stereocenters. The van der Waals surface area contributed by atoms with Gasteiger partial charge in [0, 0.05) is 56.6 Å². The molecule has 0 saturated carbocycles. The third-order valence-electron chi connectivity index (χ3n) is 5.21. The van der Waals surface area contributed by atoms with Gasteiger partial charge in [0.25, 0.3) is 0 Å². The van der Waals surface area contributed by atoms with E-state index in [9.17, 15) is 14.4 Å². The van der Waals surface area contributed by atoms with Crippen LogP contribution in [-0.4, -0.2) is 52.4 Å². The zero-order chi connectivity index (χ0) is 19.9. The molecule has 6 nitrogen and oxygen atoms in total. The molecule has 0 unspecified atom stereocenters. The second-order valence-corrected chi connectivity index (χ2v) is 7.97. The third kappa shape index (κ3) is 5.32. The SMILES string of the molecule is Cc1csc(=O)n1CCC(=O)N1CCN(C(=O)CCCc2ccccc2)CC1. The normalized spacial score (nSPS) is 14.3. The van der Waals surface area contributed by atoms with E-state index in [0.717, 1.165) is 18.5 Å². The second-order valence-electron chi connectivity index (χ2n) is 7.15. The van der Waals surface area contributed by atoms with Crippen LogP contribution in [0.2, 0.25) is 0 Å². The molecule has 0 N–H and O–H groups in total. The largest absolute Gasteiger partial charge is 0.339 e. The van der Waals surface area contributed by atoms with Crippen LogP contribution in [-0.2, 0) is 22.6 Å². The highest BCUT2D eigenvalue weighted by Gasteiger charge is 2.23. The number of nitrogens with zero attached hydrogens (tertiary/aromatic N) is 3. The Morgan fingerprint density at radius 1 is 0.964 bits per heavy atom. The summed E-state index contributed by atoms with van der Waals surface area (Å²) in [5.41, 5.74) is 2.15. The van der Waals surface area contributed by atoms with E-state index in [-0.39, 0.29) is 16.7 Å². The van der Waals surface area contributed by atoms with Gasteiger partial charge in [-0.15, -0.1) is 0 Å². The summed E-state index contributed by atoms with van der Waals surface area (Å²) < 4.78 is 1.65. The van der Waals surface area contributed by atoms with Crippen molar-refractivity contribution < 1.29 is 9.59 Å². The fraction of sp³-hybridized carbons (Fsp3) is 0.476. The highest BCUT2D eigenvalue weighted by atomic mass is 32.1. The molecule has 3 rings (SSSR count). The molecule has 0 aliphatic carbocycles. The standard InChI is InChI=1S/C21H27N3O3S/c1-17-16-28-21(27)24(17)11-10-20(26)23-14-12-22(13-15-23)19(25)9-5-8-18-6-3-2-4-7-18/h2-4,6-7,16H,5,8-15H2,1H3. The fourth-order valence-corrected chi connectivity index (χ4v) is 4.25. The number of hydrogen-bond acceptors (Lipinski definition) is 4. The first-order valence-electron chi connectivity index (χ1n) is 9.79. The van der Waals surface area contributed by atoms with Gasteiger partial charge in [0.1, 0.15) is 0 Å². The smallest absolute Gasteiger partial charge is 0.307 e. The molecule has 0 spiro atoms. The number of aryl methyl sites for hydroxylation is 2. The van der Waals surface area contributed by atoms with E-state index in [2.05, 4.69) is 12.1 Å². The van der Waals surface area contributed by atoms with Crippen molar-refractivity contribution in [2.24, 2.45) is 0 Å². The Balaban J connectivity index is 1.38. The molecule has 150 valence electrons. The lowest BCUT2D eigenvalue weighted by molar-refractivity contribution is -0.139. The summed E-state index contributed by atoms with van der Waals surface area (Å²) in [4.78, 5) is 40.2. The average molecular weight is 402 g/mol. The first-order valence-corrected chi connectivity index (χ1v) is 10.7. The van der Waals surface area contributed by atoms with E-state index in [0.29, 0.717) is 45.6 Å². The topological polar surface area (TPSA) is 62.6 Å². The number of rotatable bonds is 7. The van der Waals surface area contributed by atoms with E-state index in [1.165, 1.54) is 16.9 Å². The monoisotopic (exact) mass is 401 g/mol. The van der Waals surface area contributed by atoms with Crippen molar-refractivity contribution >= 4 is 23.2 Å². The van der Waals surface area contributed by atoms with Crippen molar-refractivity contribution in [2.75, 3.05) is 26.2 Å². The van der Waals surface area contributed by atoms with E-state index in [4.69, 9.17) is 0 Å². The summed E-state index contributed by atoms with van der Waals surface area (Å²) in [6.45, 7) is 4.62. The molecule has 1 aliphatic heterocycles. The number of amides is 2. The molecule has 0 bridgehead atoms. The van der Waals surface area contributed by atoms with E-state index < -0.39 is 0 Å². The molecule has 1 aromatic heterocycles. The minimum Gasteiger partial charge on any atom is -0.339 e. The second kappa shape index (κ2) is 9.68. The van der Waals surface area contributed by atoms with Gasteiger partial charge < -0.3 is 14.4 Å². The van der Waals surface area contributed by atoms with Crippen molar-refractivity contribution in [3.63, 3.8) is 0 Å². The number of carbonyl (C=O) groups excluding carboxylic acids is 2. The minimum atomic E-state index is -0.0174. The number of hydrogen-bond donors (Lipinski definition) is 0. The van der Waals surface area contributed by atoms with Crippen LogP contribution < -0.4 is 4.87 Å². The Hall–Kier alpha value is -2.41. The van der Waals surface area contributed by atoms with Crippen LogP contribution in [0.3, 0.4) is 0 Å². The maximum Gasteiger partial charge on any atom is 0.307 e. The van der Waals surface area contributed by atoms with Gasteiger partial charge in [-0.25, -0.2) is 0 Å². The molecule has 7 heteroatoms. The average Bonchev–Trinajstić information content (AvgIpc) is 3.04. The molecule has 2 amide bonds. The lowest BCUT2D eigenvalue weighted by Gasteiger charge is -2.35. The van der Waals surface area contributed by atoms with Crippen molar-refractivity contribution in [3.05, 3.63) is 56.6 Å². The van der Waals surface area contributed by atoms with Gasteiger partial charge in [-0.2, -0.15) is 0 Å². The van der Waals surface area contributed by atoms with Crippen LogP contribution >= 0.6 is 11.3 Å². The fourth-order valence-electron chi connectivity index (χ4n) is 3.49. The third-order valence-corrected chi connectivity index (χ3v) is 6.09. The molecule has 28 heavy (non-hydrogen) atoms. The van der Waals surface area contributed by atoms with Crippen molar-refractivity contribution in [1.29, 1.82) is 0 Å². The summed E-state index contributed by atoms with van der Waals surface area (Å²) in [7, 11) is 0. The van der Waals surface area contributed by atoms with Gasteiger partial charge in [-0.3, -0.25) is 14.4 Å². The highest BCUT2D eigenvalue weighted by Crippen LogP contribution is 2.10. The van der Waals surface area contributed by atoms with Gasteiger partial charge in [-0.05, 0) is 25.3 Å². The quantitative estimate of drug-likeness (QED) is 0.715. The van der Waals surface area contributed by atoms with Crippen molar-refractivity contribution in [3.8, 4) is 0 Å². The van der Waals surface area contributed by atoms with Gasteiger partial charge in [0.05, 0.1) is 0 Å². The molecule has 1 saturated heterocycles. The van der Waals surface area contributed by atoms with Gasteiger partial charge >= 0.3 is 4.87 Å². The minimum absolute atomic E-state index is 0.0174. The van der Waals surface area contributed by atoms with Crippen LogP contribution in [0.1, 0.15) is 30.5 Å². The maximum atomic E-state index is 12.4. The lowest BCUT2D eigenvalue weighted by Crippen LogP contribution is -2.50. The van der Waals surface area contributed by atoms with Gasteiger partial charge in [0.15, 0.2) is 0 Å². The van der Waals surface area contributed by atoms with Crippen LogP contribution in [0, 0.1) is 6.92 Å². The Labute approximate surface area is 169 Å². The molecule has 2 aromatic rings. The van der Waals surface area contributed by atoms with Gasteiger partial charge in [-0.1, -0.05) is 41.7 Å². The van der Waals surface area contributed by atoms with E-state index in [1.807, 2.05) is 35.4 Å². The van der Waals surface area contributed by atoms with Crippen molar-refractivity contribution in [2.45, 2.75) is 39.2 Å². The van der Waals surface area contributed by atoms with Crippen LogP contribution in [0.4, 0.5) is 0 Å². The van der Waals surface area contributed by atoms with E-state index in [1.54, 1.807) is 9.47 Å². The number of benzene rings is 1. The van der Waals surface area contributed by atoms with Crippen molar-refractivity contribution in [1.82, 2.24) is 14.4 Å². The predicted molar refractivity (Wildman–Crippen MR) is 110 cm³/mol. The summed E-state index contributed by atoms with van der Waals surface area (Å²) >= 11 is 1.17. The first kappa shape index (κ1) is 20.3. The van der Waals surface area contributed by atoms with Crippen LogP contribution in [0.25, 0.3) is 0 Å². The molecular weight excluding hydrogens is 374 g/mol. The molecule has 1 aliphatic rings. The lowest BCUT2D eigenvalue weighted by atomic mass is 10.1. The molecular formula is C21H27N3O3S. The predicted octanol–water partition coefficient (Wildman–Crippen LogP) is 2.30. The summed E-state index contributed by atoms with van der Waals surface area (Å²) in [6, 6.07) is 10.2. The van der Waals surface area contributed by atoms with Crippen LogP contribution in [0.5, 0.6) is 0 Å². The Bertz CT molecular complexity index is 851. The highest BCUT2D eigenvalue weighted by molar-refractivity contribution is 7.07. The first-order chi connectivity index (χ1) is 13.5. The van der Waals surface area contributed by atoms with Gasteiger partial charge in [0.2, 0.25) is 11.8 Å². The molecule has 2 heterocycles. The summed E-state index contributed by atoms with van der Waals surface area (Å²) in [6.07, 6.45) is 2.62. The number of carbonyl (C=O) groups is 2. The Morgan fingerprint density at radius 3 is 2.14 bits per heavy atom. The Morgan fingerprint density at radius 2 is 1.57 bits per heavy atom. The zero-order valence-electron chi connectivity index (χ0n) is 16.3. The van der Waals surface area contributed by atoms with E-state index >= 15 is 0 Å². The summed E-state index contributed by atoms with van der Waals surface area (Å²) in [5.74, 6) is 0.220. The summed E-state index contributed by atoms with van der Waals surface area (Å²) in [5, 5.41) is 1.81. The zero-order valence-corrected chi connectivity index (χ0v) is 17.1. The molecule has 0 radical (unpaired) electrons. The Kier molecular flexibility index (Phi) is 7.03. The number of piperazine rings is 1. The molecule has 1 fully saturated rings. The molecule has 1 aromatic carbocycles.